The van der Waals surface area contributed by atoms with Crippen molar-refractivity contribution < 1.29 is 4.39 Å². The van der Waals surface area contributed by atoms with Crippen LogP contribution in [0.1, 0.15) is 45.1 Å². The second-order valence-electron chi connectivity index (χ2n) is 6.10. The Morgan fingerprint density at radius 2 is 2.00 bits per heavy atom. The van der Waals surface area contributed by atoms with Gasteiger partial charge in [0.05, 0.1) is 5.02 Å². The summed E-state index contributed by atoms with van der Waals surface area (Å²) in [5.74, 6) is 1.25. The summed E-state index contributed by atoms with van der Waals surface area (Å²) < 4.78 is 14.1. The molecular weight excluding hydrogens is 273 g/mol. The first-order valence-corrected chi connectivity index (χ1v) is 8.15. The number of benzene rings is 1. The molecule has 1 aliphatic carbocycles. The Balaban J connectivity index is 2.07. The summed E-state index contributed by atoms with van der Waals surface area (Å²) in [7, 11) is 0. The summed E-state index contributed by atoms with van der Waals surface area (Å²) in [6.45, 7) is 5.38. The molecule has 112 valence electrons. The van der Waals surface area contributed by atoms with Gasteiger partial charge in [0.2, 0.25) is 0 Å². The average Bonchev–Trinajstić information content (AvgIpc) is 2.44. The van der Waals surface area contributed by atoms with E-state index in [-0.39, 0.29) is 10.8 Å². The minimum Gasteiger partial charge on any atom is -0.314 e. The van der Waals surface area contributed by atoms with Crippen molar-refractivity contribution in [2.24, 2.45) is 11.8 Å². The average molecular weight is 298 g/mol. The molecule has 1 atom stereocenters. The molecule has 1 unspecified atom stereocenters. The zero-order valence-electron chi connectivity index (χ0n) is 12.5. The molecule has 1 N–H and O–H groups in total. The molecular formula is C17H25ClFN. The van der Waals surface area contributed by atoms with Crippen molar-refractivity contribution in [3.05, 3.63) is 34.6 Å². The van der Waals surface area contributed by atoms with Crippen LogP contribution in [0.2, 0.25) is 5.02 Å². The quantitative estimate of drug-likeness (QED) is 0.821. The number of nitrogens with one attached hydrogen (secondary N) is 1. The van der Waals surface area contributed by atoms with Gasteiger partial charge < -0.3 is 5.32 Å². The molecule has 1 aromatic carbocycles. The fourth-order valence-corrected chi connectivity index (χ4v) is 3.49. The molecule has 3 heteroatoms. The van der Waals surface area contributed by atoms with Crippen LogP contribution in [0.3, 0.4) is 0 Å². The predicted molar refractivity (Wildman–Crippen MR) is 83.7 cm³/mol. The van der Waals surface area contributed by atoms with Gasteiger partial charge in [-0.15, -0.1) is 0 Å². The van der Waals surface area contributed by atoms with E-state index in [1.807, 2.05) is 12.1 Å². The maximum Gasteiger partial charge on any atom is 0.145 e. The zero-order chi connectivity index (χ0) is 14.5. The zero-order valence-corrected chi connectivity index (χ0v) is 13.2. The summed E-state index contributed by atoms with van der Waals surface area (Å²) in [6, 6.07) is 5.68. The highest BCUT2D eigenvalue weighted by Gasteiger charge is 2.26. The second-order valence-corrected chi connectivity index (χ2v) is 6.51. The van der Waals surface area contributed by atoms with Crippen molar-refractivity contribution in [1.29, 1.82) is 0 Å². The molecule has 1 fully saturated rings. The molecule has 20 heavy (non-hydrogen) atoms. The smallest absolute Gasteiger partial charge is 0.145 e. The van der Waals surface area contributed by atoms with Gasteiger partial charge in [0.15, 0.2) is 0 Å². The fraction of sp³-hybridized carbons (Fsp3) is 0.647. The number of halogens is 2. The molecule has 0 spiro atoms. The fourth-order valence-electron chi connectivity index (χ4n) is 3.30. The Kier molecular flexibility index (Phi) is 5.86. The summed E-state index contributed by atoms with van der Waals surface area (Å²) in [5.41, 5.74) is 0.738. The minimum absolute atomic E-state index is 0.231. The predicted octanol–water partition coefficient (Wildman–Crippen LogP) is 4.83. The second kappa shape index (κ2) is 7.42. The van der Waals surface area contributed by atoms with Gasteiger partial charge in [0, 0.05) is 6.04 Å². The molecule has 0 aromatic heterocycles. The molecule has 2 rings (SSSR count). The number of hydrogen-bond donors (Lipinski definition) is 1. The molecule has 0 radical (unpaired) electrons. The van der Waals surface area contributed by atoms with E-state index < -0.39 is 0 Å². The van der Waals surface area contributed by atoms with Gasteiger partial charge in [-0.05, 0) is 49.3 Å². The minimum atomic E-state index is -0.249. The Morgan fingerprint density at radius 1 is 1.30 bits per heavy atom. The van der Waals surface area contributed by atoms with E-state index in [4.69, 9.17) is 11.6 Å². The summed E-state index contributed by atoms with van der Waals surface area (Å²) in [6.07, 6.45) is 5.83. The van der Waals surface area contributed by atoms with E-state index in [1.54, 1.807) is 6.07 Å². The number of hydrogen-bond acceptors (Lipinski definition) is 1. The summed E-state index contributed by atoms with van der Waals surface area (Å²) in [4.78, 5) is 0. The van der Waals surface area contributed by atoms with Crippen LogP contribution in [-0.4, -0.2) is 12.6 Å². The van der Waals surface area contributed by atoms with Gasteiger partial charge in [0.25, 0.3) is 0 Å². The van der Waals surface area contributed by atoms with Crippen molar-refractivity contribution in [1.82, 2.24) is 5.32 Å². The van der Waals surface area contributed by atoms with E-state index in [9.17, 15) is 4.39 Å². The third-order valence-corrected chi connectivity index (χ3v) is 4.86. The lowest BCUT2D eigenvalue weighted by atomic mass is 9.77. The van der Waals surface area contributed by atoms with Gasteiger partial charge in [0.1, 0.15) is 5.82 Å². The first-order valence-electron chi connectivity index (χ1n) is 7.78. The van der Waals surface area contributed by atoms with Crippen LogP contribution in [0.5, 0.6) is 0 Å². The molecule has 0 saturated heterocycles. The summed E-state index contributed by atoms with van der Waals surface area (Å²) in [5, 5.41) is 3.78. The van der Waals surface area contributed by atoms with Crippen LogP contribution in [0.15, 0.2) is 18.2 Å². The van der Waals surface area contributed by atoms with Crippen LogP contribution >= 0.6 is 11.6 Å². The van der Waals surface area contributed by atoms with Gasteiger partial charge in [-0.1, -0.05) is 50.4 Å². The van der Waals surface area contributed by atoms with E-state index in [1.165, 1.54) is 25.7 Å². The maximum absolute atomic E-state index is 14.1. The molecule has 0 amide bonds. The lowest BCUT2D eigenvalue weighted by Gasteiger charge is -2.33. The highest BCUT2D eigenvalue weighted by atomic mass is 35.5. The van der Waals surface area contributed by atoms with Crippen LogP contribution < -0.4 is 5.32 Å². The Morgan fingerprint density at radius 3 is 2.65 bits per heavy atom. The van der Waals surface area contributed by atoms with Gasteiger partial charge in [-0.25, -0.2) is 4.39 Å². The summed E-state index contributed by atoms with van der Waals surface area (Å²) >= 11 is 5.88. The van der Waals surface area contributed by atoms with Crippen LogP contribution in [0.25, 0.3) is 0 Å². The lowest BCUT2D eigenvalue weighted by molar-refractivity contribution is 0.229. The van der Waals surface area contributed by atoms with Crippen molar-refractivity contribution in [3.63, 3.8) is 0 Å². The van der Waals surface area contributed by atoms with Crippen molar-refractivity contribution in [2.75, 3.05) is 6.54 Å². The molecule has 1 saturated carbocycles. The van der Waals surface area contributed by atoms with Gasteiger partial charge >= 0.3 is 0 Å². The van der Waals surface area contributed by atoms with Gasteiger partial charge in [-0.2, -0.15) is 0 Å². The highest BCUT2D eigenvalue weighted by molar-refractivity contribution is 6.30. The normalized spacial score (nSPS) is 24.6. The van der Waals surface area contributed by atoms with E-state index in [2.05, 4.69) is 19.2 Å². The van der Waals surface area contributed by atoms with Crippen LogP contribution in [0.4, 0.5) is 4.39 Å². The Labute approximate surface area is 126 Å². The Hall–Kier alpha value is -0.600. The monoisotopic (exact) mass is 297 g/mol. The number of rotatable bonds is 5. The van der Waals surface area contributed by atoms with Crippen molar-refractivity contribution in [3.8, 4) is 0 Å². The molecule has 1 nitrogen and oxygen atoms in total. The molecule has 1 aromatic rings. The first kappa shape index (κ1) is 15.8. The largest absolute Gasteiger partial charge is 0.314 e. The van der Waals surface area contributed by atoms with Crippen LogP contribution in [0, 0.1) is 17.7 Å². The first-order chi connectivity index (χ1) is 9.61. The maximum atomic E-state index is 14.1. The van der Waals surface area contributed by atoms with Crippen molar-refractivity contribution in [2.45, 2.75) is 52.0 Å². The highest BCUT2D eigenvalue weighted by Crippen LogP contribution is 2.32. The van der Waals surface area contributed by atoms with E-state index in [0.717, 1.165) is 24.4 Å². The topological polar surface area (TPSA) is 12.0 Å². The van der Waals surface area contributed by atoms with Gasteiger partial charge in [-0.3, -0.25) is 0 Å². The SMILES string of the molecule is CCNC(Cc1cccc(Cl)c1F)C1CCC(C)CC1. The molecule has 0 heterocycles. The third kappa shape index (κ3) is 3.95. The Bertz CT molecular complexity index is 427. The molecule has 0 bridgehead atoms. The molecule has 0 aliphatic heterocycles. The van der Waals surface area contributed by atoms with E-state index in [0.29, 0.717) is 12.0 Å². The van der Waals surface area contributed by atoms with E-state index >= 15 is 0 Å². The lowest BCUT2D eigenvalue weighted by Crippen LogP contribution is -2.39. The standard InChI is InChI=1S/C17H25ClFN/c1-3-20-16(13-9-7-12(2)8-10-13)11-14-5-4-6-15(18)17(14)19/h4-6,12-13,16,20H,3,7-11H2,1-2H3. The van der Waals surface area contributed by atoms with Crippen molar-refractivity contribution >= 4 is 11.6 Å². The third-order valence-electron chi connectivity index (χ3n) is 4.57. The number of likely N-dealkylation sites (N-methyl/N-ethyl adjacent to an activating group) is 1. The van der Waals surface area contributed by atoms with Crippen LogP contribution in [-0.2, 0) is 6.42 Å². The molecule has 1 aliphatic rings.